The van der Waals surface area contributed by atoms with Crippen LogP contribution in [0.4, 0.5) is 0 Å². The number of carbonyl (C=O) groups excluding carboxylic acids is 1. The number of carbonyl (C=O) groups is 1. The molecule has 32 heavy (non-hydrogen) atoms. The number of guanidine groups is 1. The highest BCUT2D eigenvalue weighted by atomic mass is 16.2. The molecule has 2 fully saturated rings. The Bertz CT molecular complexity index is 751. The predicted octanol–water partition coefficient (Wildman–Crippen LogP) is 2.32. The van der Waals surface area contributed by atoms with Crippen molar-refractivity contribution in [1.29, 1.82) is 0 Å². The van der Waals surface area contributed by atoms with Gasteiger partial charge in [-0.2, -0.15) is 0 Å². The molecule has 0 radical (unpaired) electrons. The number of hydrogen-bond acceptors (Lipinski definition) is 4. The number of hydrogen-bond donors (Lipinski definition) is 2. The van der Waals surface area contributed by atoms with Crippen LogP contribution >= 0.6 is 0 Å². The molecule has 0 aromatic heterocycles. The van der Waals surface area contributed by atoms with Crippen molar-refractivity contribution in [1.82, 2.24) is 25.3 Å². The van der Waals surface area contributed by atoms with E-state index in [9.17, 15) is 4.79 Å². The Balaban J connectivity index is 1.46. The summed E-state index contributed by atoms with van der Waals surface area (Å²) >= 11 is 0. The summed E-state index contributed by atoms with van der Waals surface area (Å²) in [5.74, 6) is 1.23. The first-order valence-corrected chi connectivity index (χ1v) is 12.1. The van der Waals surface area contributed by atoms with Gasteiger partial charge in [-0.3, -0.25) is 14.7 Å². The van der Waals surface area contributed by atoms with Gasteiger partial charge in [0.25, 0.3) is 0 Å². The third-order valence-electron chi connectivity index (χ3n) is 6.74. The molecule has 0 aliphatic carbocycles. The standard InChI is InChI=1S/C25H42N6O/c1-20(22-11-7-6-8-12-22)28-25(3,4)19-27-24(26-5)31-17-15-29(16-18-31)21(2)23(32)30-13-9-10-14-30/h6-8,11-12,20-21,28H,9-10,13-19H2,1-5H3,(H,26,27). The Kier molecular flexibility index (Phi) is 8.54. The summed E-state index contributed by atoms with van der Waals surface area (Å²) in [6.07, 6.45) is 2.28. The van der Waals surface area contributed by atoms with E-state index < -0.39 is 0 Å². The van der Waals surface area contributed by atoms with E-state index >= 15 is 0 Å². The SMILES string of the molecule is CN=C(NCC(C)(C)NC(C)c1ccccc1)N1CCN(C(C)C(=O)N2CCCC2)CC1. The van der Waals surface area contributed by atoms with Crippen LogP contribution in [0.15, 0.2) is 35.3 Å². The molecule has 3 rings (SSSR count). The molecule has 7 nitrogen and oxygen atoms in total. The highest BCUT2D eigenvalue weighted by molar-refractivity contribution is 5.82. The van der Waals surface area contributed by atoms with Gasteiger partial charge in [0.2, 0.25) is 5.91 Å². The smallest absolute Gasteiger partial charge is 0.239 e. The monoisotopic (exact) mass is 442 g/mol. The largest absolute Gasteiger partial charge is 0.354 e. The molecule has 7 heteroatoms. The quantitative estimate of drug-likeness (QED) is 0.501. The van der Waals surface area contributed by atoms with E-state index in [0.717, 1.165) is 64.6 Å². The van der Waals surface area contributed by atoms with Gasteiger partial charge in [0.05, 0.1) is 6.04 Å². The van der Waals surface area contributed by atoms with Crippen molar-refractivity contribution in [2.45, 2.75) is 58.2 Å². The van der Waals surface area contributed by atoms with Crippen molar-refractivity contribution in [2.75, 3.05) is 52.9 Å². The molecule has 0 bridgehead atoms. The van der Waals surface area contributed by atoms with Gasteiger partial charge in [0.1, 0.15) is 0 Å². The van der Waals surface area contributed by atoms with Gasteiger partial charge < -0.3 is 20.4 Å². The lowest BCUT2D eigenvalue weighted by Gasteiger charge is -2.40. The van der Waals surface area contributed by atoms with Gasteiger partial charge in [0, 0.05) is 64.4 Å². The number of piperazine rings is 1. The van der Waals surface area contributed by atoms with E-state index in [2.05, 4.69) is 83.5 Å². The fraction of sp³-hybridized carbons (Fsp3) is 0.680. The Morgan fingerprint density at radius 1 is 1.00 bits per heavy atom. The normalized spacial score (nSPS) is 20.3. The van der Waals surface area contributed by atoms with Gasteiger partial charge in [-0.05, 0) is 46.1 Å². The molecule has 0 spiro atoms. The zero-order valence-electron chi connectivity index (χ0n) is 20.6. The van der Waals surface area contributed by atoms with Gasteiger partial charge in [-0.1, -0.05) is 30.3 Å². The molecule has 2 atom stereocenters. The molecule has 2 aliphatic heterocycles. The summed E-state index contributed by atoms with van der Waals surface area (Å²) in [6.45, 7) is 14.9. The summed E-state index contributed by atoms with van der Waals surface area (Å²) in [5, 5.41) is 7.30. The van der Waals surface area contributed by atoms with Crippen LogP contribution < -0.4 is 10.6 Å². The summed E-state index contributed by atoms with van der Waals surface area (Å²) in [7, 11) is 1.85. The molecule has 2 unspecified atom stereocenters. The first kappa shape index (κ1) is 24.5. The number of amides is 1. The van der Waals surface area contributed by atoms with Gasteiger partial charge in [0.15, 0.2) is 5.96 Å². The van der Waals surface area contributed by atoms with E-state index in [1.54, 1.807) is 0 Å². The number of likely N-dealkylation sites (tertiary alicyclic amines) is 1. The third kappa shape index (κ3) is 6.45. The molecular weight excluding hydrogens is 400 g/mol. The fourth-order valence-electron chi connectivity index (χ4n) is 4.77. The van der Waals surface area contributed by atoms with Crippen LogP contribution in [0.2, 0.25) is 0 Å². The number of nitrogens with zero attached hydrogens (tertiary/aromatic N) is 4. The van der Waals surface area contributed by atoms with Gasteiger partial charge in [-0.25, -0.2) is 0 Å². The predicted molar refractivity (Wildman–Crippen MR) is 132 cm³/mol. The van der Waals surface area contributed by atoms with E-state index in [0.29, 0.717) is 5.91 Å². The average molecular weight is 443 g/mol. The fourth-order valence-corrected chi connectivity index (χ4v) is 4.77. The van der Waals surface area contributed by atoms with Crippen LogP contribution in [0.25, 0.3) is 0 Å². The molecule has 0 saturated carbocycles. The number of benzene rings is 1. The second-order valence-electron chi connectivity index (χ2n) is 9.79. The van der Waals surface area contributed by atoms with Crippen molar-refractivity contribution >= 4 is 11.9 Å². The maximum Gasteiger partial charge on any atom is 0.239 e. The second-order valence-corrected chi connectivity index (χ2v) is 9.79. The molecule has 2 aliphatic rings. The topological polar surface area (TPSA) is 63.2 Å². The molecule has 2 N–H and O–H groups in total. The Labute approximate surface area is 194 Å². The van der Waals surface area contributed by atoms with E-state index in [1.807, 2.05) is 11.9 Å². The van der Waals surface area contributed by atoms with Crippen molar-refractivity contribution in [3.05, 3.63) is 35.9 Å². The third-order valence-corrected chi connectivity index (χ3v) is 6.74. The van der Waals surface area contributed by atoms with Crippen molar-refractivity contribution in [2.24, 2.45) is 4.99 Å². The summed E-state index contributed by atoms with van der Waals surface area (Å²) in [4.78, 5) is 23.9. The van der Waals surface area contributed by atoms with Crippen molar-refractivity contribution < 1.29 is 4.79 Å². The number of rotatable bonds is 7. The van der Waals surface area contributed by atoms with Crippen molar-refractivity contribution in [3.8, 4) is 0 Å². The van der Waals surface area contributed by atoms with Crippen LogP contribution in [0.3, 0.4) is 0 Å². The molecule has 1 aromatic carbocycles. The van der Waals surface area contributed by atoms with Crippen LogP contribution in [-0.2, 0) is 4.79 Å². The summed E-state index contributed by atoms with van der Waals surface area (Å²) in [6, 6.07) is 10.8. The van der Waals surface area contributed by atoms with Crippen LogP contribution in [-0.4, -0.2) is 91.0 Å². The Hall–Kier alpha value is -2.12. The molecular formula is C25H42N6O. The summed E-state index contributed by atoms with van der Waals surface area (Å²) in [5.41, 5.74) is 1.20. The minimum atomic E-state index is -0.0936. The molecule has 178 valence electrons. The molecule has 2 heterocycles. The summed E-state index contributed by atoms with van der Waals surface area (Å²) < 4.78 is 0. The Morgan fingerprint density at radius 2 is 1.62 bits per heavy atom. The van der Waals surface area contributed by atoms with Crippen LogP contribution in [0.5, 0.6) is 0 Å². The second kappa shape index (κ2) is 11.1. The zero-order chi connectivity index (χ0) is 23.1. The number of aliphatic imine (C=N–C) groups is 1. The lowest BCUT2D eigenvalue weighted by Crippen LogP contribution is -2.58. The lowest BCUT2D eigenvalue weighted by molar-refractivity contribution is -0.135. The first-order chi connectivity index (χ1) is 15.3. The Morgan fingerprint density at radius 3 is 2.22 bits per heavy atom. The molecule has 1 aromatic rings. The highest BCUT2D eigenvalue weighted by Crippen LogP contribution is 2.17. The lowest BCUT2D eigenvalue weighted by atomic mass is 10.0. The molecule has 2 saturated heterocycles. The first-order valence-electron chi connectivity index (χ1n) is 12.1. The highest BCUT2D eigenvalue weighted by Gasteiger charge is 2.31. The van der Waals surface area contributed by atoms with Crippen LogP contribution in [0, 0.1) is 0 Å². The van der Waals surface area contributed by atoms with Gasteiger partial charge in [-0.15, -0.1) is 0 Å². The van der Waals surface area contributed by atoms with Crippen LogP contribution in [0.1, 0.15) is 52.1 Å². The van der Waals surface area contributed by atoms with Crippen molar-refractivity contribution in [3.63, 3.8) is 0 Å². The van der Waals surface area contributed by atoms with E-state index in [1.165, 1.54) is 5.56 Å². The van der Waals surface area contributed by atoms with E-state index in [-0.39, 0.29) is 17.6 Å². The zero-order valence-corrected chi connectivity index (χ0v) is 20.6. The average Bonchev–Trinajstić information content (AvgIpc) is 3.34. The maximum absolute atomic E-state index is 12.7. The minimum Gasteiger partial charge on any atom is -0.354 e. The van der Waals surface area contributed by atoms with E-state index in [4.69, 9.17) is 0 Å². The number of nitrogens with one attached hydrogen (secondary N) is 2. The molecule has 1 amide bonds. The maximum atomic E-state index is 12.7. The van der Waals surface area contributed by atoms with Gasteiger partial charge >= 0.3 is 0 Å². The minimum absolute atomic E-state index is 0.0344.